The summed E-state index contributed by atoms with van der Waals surface area (Å²) in [5.41, 5.74) is 3.87. The lowest BCUT2D eigenvalue weighted by molar-refractivity contribution is -0.119. The maximum absolute atomic E-state index is 13.6. The minimum atomic E-state index is -0.326. The third-order valence-corrected chi connectivity index (χ3v) is 6.42. The van der Waals surface area contributed by atoms with Crippen LogP contribution in [0.3, 0.4) is 0 Å². The van der Waals surface area contributed by atoms with E-state index in [0.717, 1.165) is 28.9 Å². The Morgan fingerprint density at radius 2 is 1.81 bits per heavy atom. The fourth-order valence-corrected chi connectivity index (χ4v) is 4.51. The molecule has 3 aromatic rings. The Kier molecular flexibility index (Phi) is 6.51. The van der Waals surface area contributed by atoms with Crippen LogP contribution in [-0.2, 0) is 15.3 Å². The molecule has 1 aromatic heterocycles. The Labute approximate surface area is 192 Å². The van der Waals surface area contributed by atoms with Crippen molar-refractivity contribution in [2.45, 2.75) is 32.9 Å². The molecule has 0 unspecified atom stereocenters. The van der Waals surface area contributed by atoms with Gasteiger partial charge in [0.2, 0.25) is 0 Å². The van der Waals surface area contributed by atoms with Crippen molar-refractivity contribution >= 4 is 34.8 Å². The maximum atomic E-state index is 13.6. The van der Waals surface area contributed by atoms with E-state index in [1.54, 1.807) is 24.5 Å². The van der Waals surface area contributed by atoms with Crippen molar-refractivity contribution in [3.05, 3.63) is 88.2 Å². The standard InChI is InChI=1S/C26H25NO4S/c1-4-12-30-21-8-5-7-20(15-21)27-25(28)23(19-11-10-17(2)18(3)14-19)24(26(27)29)32-16-22-9-6-13-31-22/h5-11,13-15H,4,12,16H2,1-3H3. The topological polar surface area (TPSA) is 59.8 Å². The molecule has 0 saturated carbocycles. The molecule has 164 valence electrons. The summed E-state index contributed by atoms with van der Waals surface area (Å²) in [5, 5.41) is 0. The van der Waals surface area contributed by atoms with E-state index in [1.807, 2.05) is 57.2 Å². The van der Waals surface area contributed by atoms with E-state index in [1.165, 1.54) is 16.7 Å². The highest BCUT2D eigenvalue weighted by atomic mass is 32.2. The number of nitrogens with zero attached hydrogens (tertiary/aromatic N) is 1. The summed E-state index contributed by atoms with van der Waals surface area (Å²) in [7, 11) is 0. The predicted molar refractivity (Wildman–Crippen MR) is 128 cm³/mol. The van der Waals surface area contributed by atoms with Gasteiger partial charge in [0.15, 0.2) is 0 Å². The predicted octanol–water partition coefficient (Wildman–Crippen LogP) is 5.90. The molecular formula is C26H25NO4S. The molecule has 2 heterocycles. The summed E-state index contributed by atoms with van der Waals surface area (Å²) in [6, 6.07) is 16.6. The Hall–Kier alpha value is -3.25. The van der Waals surface area contributed by atoms with E-state index in [9.17, 15) is 9.59 Å². The van der Waals surface area contributed by atoms with Gasteiger partial charge in [-0.2, -0.15) is 0 Å². The zero-order valence-corrected chi connectivity index (χ0v) is 19.2. The summed E-state index contributed by atoms with van der Waals surface area (Å²) in [6.07, 6.45) is 2.47. The number of hydrogen-bond acceptors (Lipinski definition) is 5. The molecule has 2 amide bonds. The number of aryl methyl sites for hydroxylation is 2. The Morgan fingerprint density at radius 1 is 0.969 bits per heavy atom. The van der Waals surface area contributed by atoms with Crippen molar-refractivity contribution in [1.29, 1.82) is 0 Å². The van der Waals surface area contributed by atoms with Gasteiger partial charge in [-0.05, 0) is 61.2 Å². The van der Waals surface area contributed by atoms with Gasteiger partial charge in [-0.1, -0.05) is 31.2 Å². The molecule has 0 spiro atoms. The smallest absolute Gasteiger partial charge is 0.272 e. The molecule has 32 heavy (non-hydrogen) atoms. The van der Waals surface area contributed by atoms with Crippen molar-refractivity contribution in [2.75, 3.05) is 11.5 Å². The third-order valence-electron chi connectivity index (χ3n) is 5.32. The van der Waals surface area contributed by atoms with Gasteiger partial charge in [0.05, 0.1) is 34.8 Å². The molecule has 5 nitrogen and oxygen atoms in total. The molecule has 2 aromatic carbocycles. The SMILES string of the molecule is CCCOc1cccc(N2C(=O)C(SCc3ccco3)=C(c3ccc(C)c(C)c3)C2=O)c1. The lowest BCUT2D eigenvalue weighted by Crippen LogP contribution is -2.31. The van der Waals surface area contributed by atoms with Gasteiger partial charge in [-0.25, -0.2) is 4.90 Å². The normalized spacial score (nSPS) is 13.9. The van der Waals surface area contributed by atoms with Gasteiger partial charge in [0.25, 0.3) is 11.8 Å². The first-order valence-electron chi connectivity index (χ1n) is 10.6. The third kappa shape index (κ3) is 4.36. The fraction of sp³-hybridized carbons (Fsp3) is 0.231. The summed E-state index contributed by atoms with van der Waals surface area (Å²) in [5.74, 6) is 1.19. The number of benzene rings is 2. The van der Waals surface area contributed by atoms with Gasteiger partial charge in [-0.15, -0.1) is 11.8 Å². The summed E-state index contributed by atoms with van der Waals surface area (Å²) < 4.78 is 11.1. The number of ether oxygens (including phenoxy) is 1. The lowest BCUT2D eigenvalue weighted by atomic mass is 10.0. The van der Waals surface area contributed by atoms with E-state index in [4.69, 9.17) is 9.15 Å². The van der Waals surface area contributed by atoms with Gasteiger partial charge in [-0.3, -0.25) is 9.59 Å². The average Bonchev–Trinajstić information content (AvgIpc) is 3.39. The van der Waals surface area contributed by atoms with Crippen LogP contribution in [0.15, 0.2) is 70.2 Å². The molecule has 0 atom stereocenters. The minimum Gasteiger partial charge on any atom is -0.494 e. The van der Waals surface area contributed by atoms with Gasteiger partial charge >= 0.3 is 0 Å². The maximum Gasteiger partial charge on any atom is 0.272 e. The molecule has 4 rings (SSSR count). The number of anilines is 1. The number of hydrogen-bond donors (Lipinski definition) is 0. The monoisotopic (exact) mass is 447 g/mol. The van der Waals surface area contributed by atoms with Crippen molar-refractivity contribution in [2.24, 2.45) is 0 Å². The van der Waals surface area contributed by atoms with Crippen molar-refractivity contribution < 1.29 is 18.7 Å². The number of carbonyl (C=O) groups is 2. The summed E-state index contributed by atoms with van der Waals surface area (Å²) >= 11 is 1.33. The quantitative estimate of drug-likeness (QED) is 0.402. The second kappa shape index (κ2) is 9.49. The molecule has 0 N–H and O–H groups in total. The Balaban J connectivity index is 1.73. The highest BCUT2D eigenvalue weighted by molar-refractivity contribution is 8.03. The number of amides is 2. The molecule has 1 aliphatic rings. The van der Waals surface area contributed by atoms with Crippen LogP contribution in [0.4, 0.5) is 5.69 Å². The van der Waals surface area contributed by atoms with Crippen LogP contribution in [0.5, 0.6) is 5.75 Å². The molecule has 0 fully saturated rings. The molecule has 0 aliphatic carbocycles. The molecule has 6 heteroatoms. The van der Waals surface area contributed by atoms with Crippen LogP contribution < -0.4 is 9.64 Å². The number of rotatable bonds is 8. The van der Waals surface area contributed by atoms with E-state index < -0.39 is 0 Å². The van der Waals surface area contributed by atoms with E-state index in [-0.39, 0.29) is 11.8 Å². The first-order chi connectivity index (χ1) is 15.5. The van der Waals surface area contributed by atoms with Gasteiger partial charge in [0, 0.05) is 6.07 Å². The van der Waals surface area contributed by atoms with Crippen LogP contribution >= 0.6 is 11.8 Å². The second-order valence-corrected chi connectivity index (χ2v) is 8.65. The largest absolute Gasteiger partial charge is 0.494 e. The van der Waals surface area contributed by atoms with Gasteiger partial charge in [0.1, 0.15) is 11.5 Å². The van der Waals surface area contributed by atoms with Crippen molar-refractivity contribution in [1.82, 2.24) is 0 Å². The highest BCUT2D eigenvalue weighted by Crippen LogP contribution is 2.40. The molecule has 0 radical (unpaired) electrons. The number of furan rings is 1. The van der Waals surface area contributed by atoms with Crippen LogP contribution in [0.25, 0.3) is 5.57 Å². The first-order valence-corrected chi connectivity index (χ1v) is 11.6. The number of carbonyl (C=O) groups excluding carboxylic acids is 2. The summed E-state index contributed by atoms with van der Waals surface area (Å²) in [4.78, 5) is 28.7. The molecule has 1 aliphatic heterocycles. The fourth-order valence-electron chi connectivity index (χ4n) is 3.50. The minimum absolute atomic E-state index is 0.326. The van der Waals surface area contributed by atoms with E-state index >= 15 is 0 Å². The van der Waals surface area contributed by atoms with Crippen LogP contribution in [0, 0.1) is 13.8 Å². The lowest BCUT2D eigenvalue weighted by Gasteiger charge is -2.16. The Bertz CT molecular complexity index is 1180. The number of thioether (sulfide) groups is 1. The molecule has 0 bridgehead atoms. The van der Waals surface area contributed by atoms with Crippen LogP contribution in [-0.4, -0.2) is 18.4 Å². The van der Waals surface area contributed by atoms with Crippen LogP contribution in [0.1, 0.15) is 35.8 Å². The van der Waals surface area contributed by atoms with Crippen molar-refractivity contribution in [3.8, 4) is 5.75 Å². The van der Waals surface area contributed by atoms with Crippen molar-refractivity contribution in [3.63, 3.8) is 0 Å². The zero-order valence-electron chi connectivity index (χ0n) is 18.4. The zero-order chi connectivity index (χ0) is 22.7. The molecule has 0 saturated heterocycles. The second-order valence-electron chi connectivity index (χ2n) is 7.66. The average molecular weight is 448 g/mol. The number of imide groups is 1. The Morgan fingerprint density at radius 3 is 2.53 bits per heavy atom. The summed E-state index contributed by atoms with van der Waals surface area (Å²) in [6.45, 7) is 6.62. The van der Waals surface area contributed by atoms with E-state index in [0.29, 0.717) is 34.3 Å². The molecular weight excluding hydrogens is 422 g/mol. The first kappa shape index (κ1) is 22.0. The van der Waals surface area contributed by atoms with Gasteiger partial charge < -0.3 is 9.15 Å². The highest BCUT2D eigenvalue weighted by Gasteiger charge is 2.40. The van der Waals surface area contributed by atoms with E-state index in [2.05, 4.69) is 0 Å². The van der Waals surface area contributed by atoms with Crippen LogP contribution in [0.2, 0.25) is 0 Å².